The van der Waals surface area contributed by atoms with E-state index < -0.39 is 29.6 Å². The summed E-state index contributed by atoms with van der Waals surface area (Å²) in [7, 11) is 0. The number of nitrogens with one attached hydrogen (secondary N) is 1. The summed E-state index contributed by atoms with van der Waals surface area (Å²) in [4.78, 5) is 48.6. The van der Waals surface area contributed by atoms with Gasteiger partial charge in [-0.25, -0.2) is 4.79 Å². The maximum absolute atomic E-state index is 12.4. The van der Waals surface area contributed by atoms with Crippen molar-refractivity contribution in [1.29, 1.82) is 0 Å². The van der Waals surface area contributed by atoms with Crippen LogP contribution in [0, 0.1) is 0 Å². The Balaban J connectivity index is 1.65. The zero-order valence-corrected chi connectivity index (χ0v) is 15.8. The molecule has 0 radical (unpaired) electrons. The number of nitrogens with zero attached hydrogens (tertiary/aromatic N) is 1. The van der Waals surface area contributed by atoms with Crippen molar-refractivity contribution in [3.63, 3.8) is 0 Å². The van der Waals surface area contributed by atoms with Gasteiger partial charge < -0.3 is 10.4 Å². The molecule has 28 heavy (non-hydrogen) atoms. The number of anilines is 1. The molecule has 0 unspecified atom stereocenters. The van der Waals surface area contributed by atoms with Crippen LogP contribution in [0.25, 0.3) is 6.08 Å². The van der Waals surface area contributed by atoms with Crippen molar-refractivity contribution < 1.29 is 24.3 Å². The fourth-order valence-electron chi connectivity index (χ4n) is 2.39. The van der Waals surface area contributed by atoms with Gasteiger partial charge in [-0.1, -0.05) is 23.7 Å². The number of carbonyl (C=O) groups is 4. The van der Waals surface area contributed by atoms with Crippen LogP contribution in [0.3, 0.4) is 0 Å². The minimum atomic E-state index is -1.08. The van der Waals surface area contributed by atoms with Gasteiger partial charge in [0.15, 0.2) is 0 Å². The largest absolute Gasteiger partial charge is 0.478 e. The lowest BCUT2D eigenvalue weighted by molar-refractivity contribution is -0.127. The number of thioether (sulfide) groups is 1. The number of imide groups is 1. The predicted octanol–water partition coefficient (Wildman–Crippen LogP) is 3.71. The van der Waals surface area contributed by atoms with E-state index in [1.807, 2.05) is 0 Å². The van der Waals surface area contributed by atoms with Crippen LogP contribution in [0.1, 0.15) is 15.9 Å². The highest BCUT2D eigenvalue weighted by atomic mass is 35.5. The molecule has 3 amide bonds. The quantitative estimate of drug-likeness (QED) is 0.720. The van der Waals surface area contributed by atoms with Gasteiger partial charge in [-0.3, -0.25) is 19.3 Å². The number of carbonyl (C=O) groups excluding carboxylic acids is 3. The molecule has 142 valence electrons. The van der Waals surface area contributed by atoms with Gasteiger partial charge in [-0.15, -0.1) is 0 Å². The first-order valence-electron chi connectivity index (χ1n) is 7.97. The molecule has 0 spiro atoms. The van der Waals surface area contributed by atoms with Crippen molar-refractivity contribution in [3.8, 4) is 0 Å². The molecule has 0 saturated carbocycles. The molecule has 0 aliphatic carbocycles. The van der Waals surface area contributed by atoms with Crippen LogP contribution in [0.2, 0.25) is 5.02 Å². The van der Waals surface area contributed by atoms with Crippen molar-refractivity contribution in [2.45, 2.75) is 0 Å². The Morgan fingerprint density at radius 2 is 1.71 bits per heavy atom. The summed E-state index contributed by atoms with van der Waals surface area (Å²) in [6.07, 6.45) is 1.56. The van der Waals surface area contributed by atoms with E-state index in [1.54, 1.807) is 30.3 Å². The molecule has 1 saturated heterocycles. The second-order valence-electron chi connectivity index (χ2n) is 5.75. The highest BCUT2D eigenvalue weighted by molar-refractivity contribution is 8.18. The highest BCUT2D eigenvalue weighted by Gasteiger charge is 2.36. The van der Waals surface area contributed by atoms with Gasteiger partial charge in [0.1, 0.15) is 6.54 Å². The number of rotatable bonds is 5. The van der Waals surface area contributed by atoms with Gasteiger partial charge in [0.05, 0.1) is 10.5 Å². The molecule has 0 atom stereocenters. The molecular formula is C19H13ClN2O5S. The fourth-order valence-corrected chi connectivity index (χ4v) is 3.35. The van der Waals surface area contributed by atoms with E-state index in [9.17, 15) is 19.2 Å². The van der Waals surface area contributed by atoms with Gasteiger partial charge in [-0.2, -0.15) is 0 Å². The number of amides is 3. The molecule has 3 rings (SSSR count). The van der Waals surface area contributed by atoms with Gasteiger partial charge in [0, 0.05) is 10.7 Å². The molecule has 1 aliphatic heterocycles. The number of hydrogen-bond acceptors (Lipinski definition) is 5. The summed E-state index contributed by atoms with van der Waals surface area (Å²) in [5.41, 5.74) is 1.15. The summed E-state index contributed by atoms with van der Waals surface area (Å²) in [6, 6.07) is 12.3. The topological polar surface area (TPSA) is 104 Å². The minimum absolute atomic E-state index is 0.0799. The molecule has 0 bridgehead atoms. The van der Waals surface area contributed by atoms with Crippen LogP contribution >= 0.6 is 23.4 Å². The Morgan fingerprint density at radius 3 is 2.32 bits per heavy atom. The third-order valence-corrected chi connectivity index (χ3v) is 4.92. The monoisotopic (exact) mass is 416 g/mol. The zero-order valence-electron chi connectivity index (χ0n) is 14.2. The van der Waals surface area contributed by atoms with E-state index in [1.165, 1.54) is 24.3 Å². The van der Waals surface area contributed by atoms with Crippen LogP contribution in [-0.4, -0.2) is 39.6 Å². The first kappa shape index (κ1) is 19.7. The third kappa shape index (κ3) is 4.59. The third-order valence-electron chi connectivity index (χ3n) is 3.76. The Labute approximate surface area is 169 Å². The number of halogens is 1. The molecular weight excluding hydrogens is 404 g/mol. The van der Waals surface area contributed by atoms with Crippen molar-refractivity contribution in [2.75, 3.05) is 11.9 Å². The summed E-state index contributed by atoms with van der Waals surface area (Å²) in [5, 5.41) is 11.4. The lowest BCUT2D eigenvalue weighted by Crippen LogP contribution is -2.36. The van der Waals surface area contributed by atoms with Crippen LogP contribution < -0.4 is 5.32 Å². The Hall–Kier alpha value is -3.10. The van der Waals surface area contributed by atoms with E-state index >= 15 is 0 Å². The average Bonchev–Trinajstić information content (AvgIpc) is 2.91. The Morgan fingerprint density at radius 1 is 1.07 bits per heavy atom. The summed E-state index contributed by atoms with van der Waals surface area (Å²) in [6.45, 7) is -0.441. The second-order valence-corrected chi connectivity index (χ2v) is 7.18. The van der Waals surface area contributed by atoms with E-state index in [2.05, 4.69) is 5.32 Å². The molecule has 2 aromatic rings. The second kappa shape index (κ2) is 8.28. The smallest absolute Gasteiger partial charge is 0.335 e. The van der Waals surface area contributed by atoms with Gasteiger partial charge in [-0.05, 0) is 59.8 Å². The van der Waals surface area contributed by atoms with Crippen molar-refractivity contribution in [2.24, 2.45) is 0 Å². The molecule has 2 N–H and O–H groups in total. The number of carboxylic acids is 1. The van der Waals surface area contributed by atoms with Crippen molar-refractivity contribution in [3.05, 3.63) is 69.6 Å². The van der Waals surface area contributed by atoms with Crippen molar-refractivity contribution in [1.82, 2.24) is 4.90 Å². The summed E-state index contributed by atoms with van der Waals surface area (Å²) in [5.74, 6) is -2.21. The van der Waals surface area contributed by atoms with Crippen LogP contribution in [0.5, 0.6) is 0 Å². The normalized spacial score (nSPS) is 15.2. The molecule has 0 aromatic heterocycles. The highest BCUT2D eigenvalue weighted by Crippen LogP contribution is 2.32. The molecule has 7 nitrogen and oxygen atoms in total. The van der Waals surface area contributed by atoms with Crippen molar-refractivity contribution >= 4 is 58.1 Å². The number of aromatic carboxylic acids is 1. The van der Waals surface area contributed by atoms with Crippen LogP contribution in [0.15, 0.2) is 53.4 Å². The maximum Gasteiger partial charge on any atom is 0.335 e. The molecule has 2 aromatic carbocycles. The van der Waals surface area contributed by atoms with E-state index in [0.717, 1.165) is 16.7 Å². The first-order chi connectivity index (χ1) is 13.3. The van der Waals surface area contributed by atoms with Gasteiger partial charge in [0.2, 0.25) is 5.91 Å². The Kier molecular flexibility index (Phi) is 5.81. The fraction of sp³-hybridized carbons (Fsp3) is 0.0526. The van der Waals surface area contributed by atoms with E-state index in [-0.39, 0.29) is 10.5 Å². The van der Waals surface area contributed by atoms with Crippen LogP contribution in [0.4, 0.5) is 10.5 Å². The number of benzene rings is 2. The lowest BCUT2D eigenvalue weighted by atomic mass is 10.2. The van der Waals surface area contributed by atoms with Gasteiger partial charge >= 0.3 is 5.97 Å². The van der Waals surface area contributed by atoms with E-state index in [4.69, 9.17) is 16.7 Å². The maximum atomic E-state index is 12.4. The first-order valence-corrected chi connectivity index (χ1v) is 9.17. The lowest BCUT2D eigenvalue weighted by Gasteiger charge is -2.12. The molecule has 1 fully saturated rings. The zero-order chi connectivity index (χ0) is 20.3. The minimum Gasteiger partial charge on any atom is -0.478 e. The molecule has 9 heteroatoms. The SMILES string of the molecule is O=C(CN1C(=O)S/C(=C\c2ccc(Cl)cc2)C1=O)Nc1ccc(C(=O)O)cc1. The predicted molar refractivity (Wildman–Crippen MR) is 106 cm³/mol. The molecule has 1 heterocycles. The standard InChI is InChI=1S/C19H13ClN2O5S/c20-13-5-1-11(2-6-13)9-15-17(24)22(19(27)28-15)10-16(23)21-14-7-3-12(4-8-14)18(25)26/h1-9H,10H2,(H,21,23)(H,25,26)/b15-9-. The summed E-state index contributed by atoms with van der Waals surface area (Å²) < 4.78 is 0. The Bertz CT molecular complexity index is 986. The number of carboxylic acid groups (broad SMARTS) is 1. The number of hydrogen-bond donors (Lipinski definition) is 2. The van der Waals surface area contributed by atoms with Gasteiger partial charge in [0.25, 0.3) is 11.1 Å². The average molecular weight is 417 g/mol. The van der Waals surface area contributed by atoms with E-state index in [0.29, 0.717) is 16.3 Å². The summed E-state index contributed by atoms with van der Waals surface area (Å²) >= 11 is 6.58. The molecule has 1 aliphatic rings. The van der Waals surface area contributed by atoms with Crippen LogP contribution in [-0.2, 0) is 9.59 Å².